The van der Waals surface area contributed by atoms with Crippen LogP contribution in [0.5, 0.6) is 0 Å². The van der Waals surface area contributed by atoms with Crippen LogP contribution in [0.3, 0.4) is 0 Å². The fraction of sp³-hybridized carbons (Fsp3) is 0.444. The molecule has 0 saturated carbocycles. The minimum Gasteiger partial charge on any atom is -0.381 e. The standard InChI is InChI=1S/C27H34N4O4S/c1-19(32)28-23-5-3-21(4-6-23)25-17-22-15-20(18-31-9-13-36(33,34)14-10-31)16-26(27(22)29-25)30(2)24-7-11-35-12-8-24/h3-6,15-17,24,29H,7-14,18H2,1-2H3,(H,28,32). The molecule has 0 unspecified atom stereocenters. The number of carbonyl (C=O) groups is 1. The van der Waals surface area contributed by atoms with Crippen LogP contribution in [0.25, 0.3) is 22.2 Å². The summed E-state index contributed by atoms with van der Waals surface area (Å²) in [5.74, 6) is 0.368. The van der Waals surface area contributed by atoms with E-state index in [0.717, 1.165) is 66.1 Å². The van der Waals surface area contributed by atoms with Gasteiger partial charge in [-0.05, 0) is 54.3 Å². The minimum atomic E-state index is -2.91. The molecule has 0 radical (unpaired) electrons. The maximum Gasteiger partial charge on any atom is 0.221 e. The van der Waals surface area contributed by atoms with Crippen LogP contribution < -0.4 is 10.2 Å². The molecule has 0 atom stereocenters. The Balaban J connectivity index is 1.48. The molecule has 2 aliphatic rings. The number of amides is 1. The van der Waals surface area contributed by atoms with Gasteiger partial charge in [0.2, 0.25) is 5.91 Å². The van der Waals surface area contributed by atoms with Crippen LogP contribution in [-0.4, -0.2) is 75.1 Å². The van der Waals surface area contributed by atoms with E-state index in [4.69, 9.17) is 4.74 Å². The van der Waals surface area contributed by atoms with Crippen LogP contribution >= 0.6 is 0 Å². The van der Waals surface area contributed by atoms with Crippen LogP contribution in [0.4, 0.5) is 11.4 Å². The van der Waals surface area contributed by atoms with Crippen LogP contribution in [0, 0.1) is 0 Å². The highest BCUT2D eigenvalue weighted by atomic mass is 32.2. The molecule has 3 heterocycles. The van der Waals surface area contributed by atoms with E-state index in [-0.39, 0.29) is 17.4 Å². The van der Waals surface area contributed by atoms with E-state index in [2.05, 4.69) is 45.3 Å². The van der Waals surface area contributed by atoms with Crippen molar-refractivity contribution < 1.29 is 17.9 Å². The van der Waals surface area contributed by atoms with Crippen molar-refractivity contribution in [3.05, 3.63) is 48.0 Å². The van der Waals surface area contributed by atoms with Crippen molar-refractivity contribution in [2.45, 2.75) is 32.4 Å². The summed E-state index contributed by atoms with van der Waals surface area (Å²) in [6.45, 7) is 4.93. The maximum atomic E-state index is 11.9. The molecule has 9 heteroatoms. The Labute approximate surface area is 212 Å². The highest BCUT2D eigenvalue weighted by Gasteiger charge is 2.24. The number of aromatic nitrogens is 1. The van der Waals surface area contributed by atoms with Crippen molar-refractivity contribution in [3.63, 3.8) is 0 Å². The van der Waals surface area contributed by atoms with E-state index in [1.54, 1.807) is 0 Å². The van der Waals surface area contributed by atoms with Gasteiger partial charge < -0.3 is 19.9 Å². The zero-order chi connectivity index (χ0) is 25.3. The van der Waals surface area contributed by atoms with Crippen molar-refractivity contribution >= 4 is 38.0 Å². The molecule has 0 spiro atoms. The van der Waals surface area contributed by atoms with Gasteiger partial charge in [0, 0.05) is 69.6 Å². The van der Waals surface area contributed by atoms with Crippen molar-refractivity contribution in [1.82, 2.24) is 9.88 Å². The molecule has 2 aromatic carbocycles. The Bertz CT molecular complexity index is 1330. The van der Waals surface area contributed by atoms with E-state index in [1.165, 1.54) is 12.5 Å². The monoisotopic (exact) mass is 510 g/mol. The molecule has 8 nitrogen and oxygen atoms in total. The third-order valence-corrected chi connectivity index (χ3v) is 8.85. The first-order valence-electron chi connectivity index (χ1n) is 12.5. The van der Waals surface area contributed by atoms with Crippen LogP contribution in [-0.2, 0) is 25.9 Å². The van der Waals surface area contributed by atoms with Gasteiger partial charge in [0.15, 0.2) is 9.84 Å². The molecular weight excluding hydrogens is 476 g/mol. The van der Waals surface area contributed by atoms with Gasteiger partial charge in [-0.1, -0.05) is 12.1 Å². The topological polar surface area (TPSA) is 94.7 Å². The van der Waals surface area contributed by atoms with E-state index in [1.807, 2.05) is 24.3 Å². The fourth-order valence-electron chi connectivity index (χ4n) is 5.18. The van der Waals surface area contributed by atoms with Gasteiger partial charge in [-0.25, -0.2) is 8.42 Å². The van der Waals surface area contributed by atoms with Crippen molar-refractivity contribution in [2.24, 2.45) is 0 Å². The lowest BCUT2D eigenvalue weighted by atomic mass is 10.0. The number of hydrogen-bond donors (Lipinski definition) is 2. The number of carbonyl (C=O) groups excluding carboxylic acids is 1. The Morgan fingerprint density at radius 2 is 1.81 bits per heavy atom. The lowest BCUT2D eigenvalue weighted by Gasteiger charge is -2.34. The van der Waals surface area contributed by atoms with Crippen molar-refractivity contribution in [1.29, 1.82) is 0 Å². The van der Waals surface area contributed by atoms with Crippen LogP contribution in [0.1, 0.15) is 25.3 Å². The summed E-state index contributed by atoms with van der Waals surface area (Å²) < 4.78 is 29.4. The van der Waals surface area contributed by atoms with Crippen LogP contribution in [0.15, 0.2) is 42.5 Å². The Kier molecular flexibility index (Phi) is 7.05. The molecule has 2 N–H and O–H groups in total. The fourth-order valence-corrected chi connectivity index (χ4v) is 6.46. The predicted molar refractivity (Wildman–Crippen MR) is 144 cm³/mol. The molecule has 36 heavy (non-hydrogen) atoms. The first kappa shape index (κ1) is 24.8. The molecule has 5 rings (SSSR count). The van der Waals surface area contributed by atoms with Crippen LogP contribution in [0.2, 0.25) is 0 Å². The Hall–Kier alpha value is -2.88. The summed E-state index contributed by atoms with van der Waals surface area (Å²) in [6.07, 6.45) is 1.98. The highest BCUT2D eigenvalue weighted by Crippen LogP contribution is 2.34. The largest absolute Gasteiger partial charge is 0.381 e. The van der Waals surface area contributed by atoms with Gasteiger partial charge in [-0.15, -0.1) is 0 Å². The molecule has 2 saturated heterocycles. The van der Waals surface area contributed by atoms with E-state index in [0.29, 0.717) is 19.1 Å². The first-order chi connectivity index (χ1) is 17.3. The molecule has 0 aliphatic carbocycles. The second-order valence-corrected chi connectivity index (χ2v) is 12.2. The average Bonchev–Trinajstić information content (AvgIpc) is 3.29. The lowest BCUT2D eigenvalue weighted by Crippen LogP contribution is -2.39. The summed E-state index contributed by atoms with van der Waals surface area (Å²) in [7, 11) is -0.748. The molecule has 2 fully saturated rings. The zero-order valence-corrected chi connectivity index (χ0v) is 21.7. The number of ether oxygens (including phenoxy) is 1. The molecule has 3 aromatic rings. The Morgan fingerprint density at radius 1 is 1.11 bits per heavy atom. The number of rotatable bonds is 6. The Morgan fingerprint density at radius 3 is 2.47 bits per heavy atom. The lowest BCUT2D eigenvalue weighted by molar-refractivity contribution is -0.114. The minimum absolute atomic E-state index is 0.0898. The van der Waals surface area contributed by atoms with E-state index in [9.17, 15) is 13.2 Å². The average molecular weight is 511 g/mol. The second kappa shape index (κ2) is 10.2. The molecule has 0 bridgehead atoms. The summed E-state index contributed by atoms with van der Waals surface area (Å²) >= 11 is 0. The van der Waals surface area contributed by atoms with Gasteiger partial charge in [0.1, 0.15) is 0 Å². The number of fused-ring (bicyclic) bond motifs is 1. The quantitative estimate of drug-likeness (QED) is 0.526. The number of nitrogens with one attached hydrogen (secondary N) is 2. The van der Waals surface area contributed by atoms with Gasteiger partial charge in [0.25, 0.3) is 0 Å². The van der Waals surface area contributed by atoms with Gasteiger partial charge in [-0.2, -0.15) is 0 Å². The summed E-state index contributed by atoms with van der Waals surface area (Å²) in [5, 5.41) is 3.94. The number of H-pyrrole nitrogens is 1. The number of benzene rings is 2. The molecule has 2 aliphatic heterocycles. The predicted octanol–water partition coefficient (Wildman–Crippen LogP) is 3.64. The zero-order valence-electron chi connectivity index (χ0n) is 20.9. The first-order valence-corrected chi connectivity index (χ1v) is 14.4. The third-order valence-electron chi connectivity index (χ3n) is 7.25. The van der Waals surface area contributed by atoms with Gasteiger partial charge in [-0.3, -0.25) is 9.69 Å². The SMILES string of the molecule is CC(=O)Nc1ccc(-c2cc3cc(CN4CCS(=O)(=O)CC4)cc(N(C)C4CCOCC4)c3[nH]2)cc1. The number of sulfone groups is 1. The smallest absolute Gasteiger partial charge is 0.221 e. The molecule has 1 aromatic heterocycles. The van der Waals surface area contributed by atoms with Crippen molar-refractivity contribution in [3.8, 4) is 11.3 Å². The number of aromatic amines is 1. The van der Waals surface area contributed by atoms with E-state index >= 15 is 0 Å². The highest BCUT2D eigenvalue weighted by molar-refractivity contribution is 7.91. The molecular formula is C27H34N4O4S. The summed E-state index contributed by atoms with van der Waals surface area (Å²) in [4.78, 5) is 19.6. The summed E-state index contributed by atoms with van der Waals surface area (Å²) in [5.41, 5.74) is 6.26. The van der Waals surface area contributed by atoms with Gasteiger partial charge in [0.05, 0.1) is 22.7 Å². The van der Waals surface area contributed by atoms with Gasteiger partial charge >= 0.3 is 0 Å². The van der Waals surface area contributed by atoms with Crippen molar-refractivity contribution in [2.75, 3.05) is 55.1 Å². The second-order valence-electron chi connectivity index (χ2n) is 9.90. The third kappa shape index (κ3) is 5.58. The number of nitrogens with zero attached hydrogens (tertiary/aromatic N) is 2. The maximum absolute atomic E-state index is 11.9. The van der Waals surface area contributed by atoms with E-state index < -0.39 is 9.84 Å². The number of hydrogen-bond acceptors (Lipinski definition) is 6. The molecule has 1 amide bonds. The normalized spacial score (nSPS) is 18.8. The number of anilines is 2. The summed E-state index contributed by atoms with van der Waals surface area (Å²) in [6, 6.07) is 14.9. The molecule has 192 valence electrons.